The van der Waals surface area contributed by atoms with Gasteiger partial charge < -0.3 is 18.3 Å². The zero-order chi connectivity index (χ0) is 5.21. The van der Waals surface area contributed by atoms with E-state index in [2.05, 4.69) is 4.21 Å². The summed E-state index contributed by atoms with van der Waals surface area (Å²) in [5.74, 6) is 0. The third kappa shape index (κ3) is 15.8. The first-order chi connectivity index (χ1) is 2.56. The number of hydrogen-bond donors (Lipinski definition) is 2. The third-order valence-electron chi connectivity index (χ3n) is 0.238. The summed E-state index contributed by atoms with van der Waals surface area (Å²) in [5.41, 5.74) is 0. The Morgan fingerprint density at radius 2 is 1.75 bits per heavy atom. The Morgan fingerprint density at radius 3 is 1.75 bits per heavy atom. The zero-order valence-electron chi connectivity index (χ0n) is 7.87. The fourth-order valence-corrected chi connectivity index (χ4v) is 0. The van der Waals surface area contributed by atoms with Crippen molar-refractivity contribution in [1.82, 2.24) is 0 Å². The molecular weight excluding hydrogens is 186 g/mol. The van der Waals surface area contributed by atoms with E-state index in [9.17, 15) is 4.57 Å². The Morgan fingerprint density at radius 1 is 1.62 bits per heavy atom. The molecule has 0 aromatic rings. The van der Waals surface area contributed by atoms with Gasteiger partial charge in [-0.1, -0.05) is 0 Å². The minimum atomic E-state index is -4.08. The van der Waals surface area contributed by atoms with Crippen LogP contribution in [0.2, 0.25) is 0 Å². The SMILES string of the molecule is O=P(O)(O)O[SiH3].[Ca+2].[H-].[H-].[H-].[Na+]. The number of hydrogen-bond acceptors (Lipinski definition) is 2. The van der Waals surface area contributed by atoms with Crippen molar-refractivity contribution in [1.29, 1.82) is 0 Å². The van der Waals surface area contributed by atoms with E-state index < -0.39 is 7.82 Å². The van der Waals surface area contributed by atoms with Gasteiger partial charge in [-0.2, -0.15) is 0 Å². The first-order valence-corrected chi connectivity index (χ1v) is 3.52. The molecule has 0 rings (SSSR count). The maximum atomic E-state index is 9.51. The second-order valence-corrected chi connectivity index (χ2v) is 3.11. The van der Waals surface area contributed by atoms with Crippen molar-refractivity contribution in [2.75, 3.05) is 0 Å². The molecule has 4 nitrogen and oxygen atoms in total. The van der Waals surface area contributed by atoms with E-state index >= 15 is 0 Å². The maximum absolute atomic E-state index is 9.51. The quantitative estimate of drug-likeness (QED) is 0.325. The van der Waals surface area contributed by atoms with E-state index in [0.29, 0.717) is 0 Å². The van der Waals surface area contributed by atoms with Crippen molar-refractivity contribution < 1.29 is 52.4 Å². The second kappa shape index (κ2) is 7.69. The largest absolute Gasteiger partial charge is 2.00 e. The van der Waals surface area contributed by atoms with Crippen LogP contribution >= 0.6 is 7.82 Å². The van der Waals surface area contributed by atoms with Crippen LogP contribution in [0.1, 0.15) is 4.28 Å². The Bertz CT molecular complexity index is 89.4. The minimum absolute atomic E-state index is 0. The van der Waals surface area contributed by atoms with Gasteiger partial charge in [0.25, 0.3) is 0 Å². The van der Waals surface area contributed by atoms with Crippen molar-refractivity contribution in [3.63, 3.8) is 0 Å². The van der Waals surface area contributed by atoms with Crippen molar-refractivity contribution in [3.8, 4) is 0 Å². The summed E-state index contributed by atoms with van der Waals surface area (Å²) >= 11 is 0. The summed E-state index contributed by atoms with van der Waals surface area (Å²) in [6.45, 7) is 0. The average molecular weight is 194 g/mol. The molecule has 0 radical (unpaired) electrons. The first kappa shape index (κ1) is 16.9. The molecule has 0 saturated heterocycles. The van der Waals surface area contributed by atoms with E-state index in [-0.39, 0.29) is 82.1 Å². The van der Waals surface area contributed by atoms with Crippen LogP contribution in [-0.2, 0) is 8.78 Å². The maximum Gasteiger partial charge on any atom is 2.00 e. The average Bonchev–Trinajstić information content (AvgIpc) is 1.35. The molecule has 0 aromatic heterocycles. The smallest absolute Gasteiger partial charge is 1.00 e. The van der Waals surface area contributed by atoms with Crippen molar-refractivity contribution in [2.24, 2.45) is 0 Å². The Balaban J connectivity index is -0.0000000125. The molecule has 2 N–H and O–H groups in total. The third-order valence-corrected chi connectivity index (χ3v) is 2.14. The molecule has 0 atom stereocenters. The molecule has 0 saturated carbocycles. The minimum Gasteiger partial charge on any atom is -1.00 e. The van der Waals surface area contributed by atoms with Crippen LogP contribution < -0.4 is 29.6 Å². The van der Waals surface area contributed by atoms with Gasteiger partial charge in [-0.25, -0.2) is 4.57 Å². The van der Waals surface area contributed by atoms with E-state index in [4.69, 9.17) is 9.79 Å². The summed E-state index contributed by atoms with van der Waals surface area (Å²) in [5, 5.41) is 0. The molecule has 0 spiro atoms. The molecule has 0 fully saturated rings. The van der Waals surface area contributed by atoms with Crippen LogP contribution in [0.25, 0.3) is 0 Å². The molecule has 44 valence electrons. The van der Waals surface area contributed by atoms with Crippen LogP contribution in [0.15, 0.2) is 0 Å². The molecule has 0 bridgehead atoms. The number of rotatable bonds is 1. The molecule has 8 heteroatoms. The summed E-state index contributed by atoms with van der Waals surface area (Å²) in [7, 11) is -4.00. The van der Waals surface area contributed by atoms with Gasteiger partial charge in [0, 0.05) is 0 Å². The summed E-state index contributed by atoms with van der Waals surface area (Å²) in [6, 6.07) is 0. The zero-order valence-corrected chi connectivity index (χ0v) is 12.0. The molecule has 0 aromatic carbocycles. The monoisotopic (exact) mass is 194 g/mol. The summed E-state index contributed by atoms with van der Waals surface area (Å²) < 4.78 is 13.2. The van der Waals surface area contributed by atoms with Crippen LogP contribution in [0, 0.1) is 0 Å². The van der Waals surface area contributed by atoms with Crippen LogP contribution in [0.4, 0.5) is 0 Å². The standard InChI is InChI=1S/Ca.Na.H5O4PSi.3H/c;;1-5(2,3)4-6;;;/h;;6H3,(H2,1,2,3);;;/q+2;+1;;3*-1. The molecule has 8 heavy (non-hydrogen) atoms. The molecule has 0 aliphatic carbocycles. The predicted octanol–water partition coefficient (Wildman–Crippen LogP) is -4.66. The molecular formula is H8CaNaO4PSi. The summed E-state index contributed by atoms with van der Waals surface area (Å²) in [6.07, 6.45) is 0. The Kier molecular flexibility index (Phi) is 16.3. The topological polar surface area (TPSA) is 66.8 Å². The fraction of sp³-hybridized carbons (Fsp3) is 0. The van der Waals surface area contributed by atoms with Gasteiger partial charge in [0.05, 0.1) is 0 Å². The first-order valence-electron chi connectivity index (χ1n) is 1.17. The van der Waals surface area contributed by atoms with Gasteiger partial charge in [0.15, 0.2) is 10.5 Å². The molecule has 0 aliphatic heterocycles. The molecule has 0 aliphatic rings. The van der Waals surface area contributed by atoms with Crippen molar-refractivity contribution in [3.05, 3.63) is 0 Å². The molecule has 0 heterocycles. The van der Waals surface area contributed by atoms with Gasteiger partial charge in [-0.15, -0.1) is 0 Å². The van der Waals surface area contributed by atoms with Crippen LogP contribution in [0.5, 0.6) is 0 Å². The number of phosphoric acid groups is 1. The van der Waals surface area contributed by atoms with Gasteiger partial charge in [0.2, 0.25) is 0 Å². The fourth-order valence-electron chi connectivity index (χ4n) is 0. The van der Waals surface area contributed by atoms with Gasteiger partial charge >= 0.3 is 75.1 Å². The molecule has 0 unspecified atom stereocenters. The normalized spacial score (nSPS) is 9.25. The summed E-state index contributed by atoms with van der Waals surface area (Å²) in [4.78, 5) is 15.5. The van der Waals surface area contributed by atoms with E-state index in [1.807, 2.05) is 0 Å². The van der Waals surface area contributed by atoms with Gasteiger partial charge in [-0.05, 0) is 0 Å². The van der Waals surface area contributed by atoms with Gasteiger partial charge in [0.1, 0.15) is 0 Å². The van der Waals surface area contributed by atoms with Crippen LogP contribution in [0.3, 0.4) is 0 Å². The van der Waals surface area contributed by atoms with E-state index in [1.165, 1.54) is 0 Å². The van der Waals surface area contributed by atoms with Crippen LogP contribution in [-0.4, -0.2) is 58.0 Å². The van der Waals surface area contributed by atoms with Crippen molar-refractivity contribution >= 4 is 56.0 Å². The second-order valence-electron chi connectivity index (χ2n) is 0.673. The van der Waals surface area contributed by atoms with E-state index in [1.54, 1.807) is 0 Å². The van der Waals surface area contributed by atoms with E-state index in [0.717, 1.165) is 0 Å². The predicted molar refractivity (Wildman–Crippen MR) is 32.2 cm³/mol. The van der Waals surface area contributed by atoms with Gasteiger partial charge in [-0.3, -0.25) is 0 Å². The Hall–Kier alpha value is 2.59. The van der Waals surface area contributed by atoms with Crippen molar-refractivity contribution in [2.45, 2.75) is 0 Å². The Labute approximate surface area is 107 Å². The molecule has 0 amide bonds.